The molecule has 3 atom stereocenters. The van der Waals surface area contributed by atoms with Gasteiger partial charge in [-0.3, -0.25) is 0 Å². The minimum Gasteiger partial charge on any atom is -0.392 e. The first-order valence-electron chi connectivity index (χ1n) is 5.52. The molecule has 0 saturated carbocycles. The second-order valence-corrected chi connectivity index (χ2v) is 3.97. The van der Waals surface area contributed by atoms with Crippen molar-refractivity contribution in [2.45, 2.75) is 38.0 Å². The maximum atomic E-state index is 9.39. The standard InChI is InChI=1S/C10H17N3O3/c1-3-8(15-2)9-12-10(16-13-9)7-4-6(14)5-11-7/h6-8,11,14H,3-5H2,1-2H3/t6-,7+,8?/m0/s1. The Bertz CT molecular complexity index is 338. The molecule has 2 N–H and O–H groups in total. The van der Waals surface area contributed by atoms with E-state index in [1.54, 1.807) is 7.11 Å². The number of aliphatic hydroxyl groups excluding tert-OH is 1. The summed E-state index contributed by atoms with van der Waals surface area (Å²) in [4.78, 5) is 4.29. The summed E-state index contributed by atoms with van der Waals surface area (Å²) in [6, 6.07) is -0.0365. The Morgan fingerprint density at radius 3 is 3.06 bits per heavy atom. The molecule has 6 nitrogen and oxygen atoms in total. The van der Waals surface area contributed by atoms with Crippen LogP contribution < -0.4 is 5.32 Å². The molecule has 0 radical (unpaired) electrons. The Labute approximate surface area is 94.0 Å². The Morgan fingerprint density at radius 1 is 1.69 bits per heavy atom. The Hall–Kier alpha value is -0.980. The predicted molar refractivity (Wildman–Crippen MR) is 55.7 cm³/mol. The first kappa shape index (κ1) is 11.5. The first-order valence-corrected chi connectivity index (χ1v) is 5.52. The van der Waals surface area contributed by atoms with Gasteiger partial charge >= 0.3 is 0 Å². The number of hydrogen-bond donors (Lipinski definition) is 2. The van der Waals surface area contributed by atoms with Crippen LogP contribution in [-0.2, 0) is 4.74 Å². The fourth-order valence-electron chi connectivity index (χ4n) is 1.88. The van der Waals surface area contributed by atoms with Gasteiger partial charge in [-0.1, -0.05) is 12.1 Å². The summed E-state index contributed by atoms with van der Waals surface area (Å²) in [5, 5.41) is 16.4. The molecule has 1 unspecified atom stereocenters. The van der Waals surface area contributed by atoms with Crippen molar-refractivity contribution in [3.05, 3.63) is 11.7 Å². The molecule has 1 fully saturated rings. The Morgan fingerprint density at radius 2 is 2.50 bits per heavy atom. The Kier molecular flexibility index (Phi) is 3.52. The molecule has 1 aliphatic heterocycles. The van der Waals surface area contributed by atoms with Gasteiger partial charge in [0.25, 0.3) is 0 Å². The highest BCUT2D eigenvalue weighted by molar-refractivity contribution is 4.99. The smallest absolute Gasteiger partial charge is 0.243 e. The van der Waals surface area contributed by atoms with Crippen molar-refractivity contribution in [3.8, 4) is 0 Å². The van der Waals surface area contributed by atoms with Crippen molar-refractivity contribution >= 4 is 0 Å². The highest BCUT2D eigenvalue weighted by Gasteiger charge is 2.29. The zero-order valence-corrected chi connectivity index (χ0v) is 9.51. The van der Waals surface area contributed by atoms with Crippen LogP contribution in [0.25, 0.3) is 0 Å². The van der Waals surface area contributed by atoms with Gasteiger partial charge < -0.3 is 19.7 Å². The van der Waals surface area contributed by atoms with Crippen LogP contribution in [0.15, 0.2) is 4.52 Å². The number of nitrogens with one attached hydrogen (secondary N) is 1. The van der Waals surface area contributed by atoms with Crippen molar-refractivity contribution in [3.63, 3.8) is 0 Å². The molecule has 0 aromatic carbocycles. The fourth-order valence-corrected chi connectivity index (χ4v) is 1.88. The van der Waals surface area contributed by atoms with E-state index in [4.69, 9.17) is 9.26 Å². The number of rotatable bonds is 4. The third-order valence-electron chi connectivity index (χ3n) is 2.81. The van der Waals surface area contributed by atoms with Crippen molar-refractivity contribution in [1.29, 1.82) is 0 Å². The van der Waals surface area contributed by atoms with Crippen LogP contribution in [0.2, 0.25) is 0 Å². The maximum Gasteiger partial charge on any atom is 0.243 e. The molecule has 16 heavy (non-hydrogen) atoms. The lowest BCUT2D eigenvalue weighted by Gasteiger charge is -2.06. The third-order valence-corrected chi connectivity index (χ3v) is 2.81. The molecule has 2 heterocycles. The molecule has 0 spiro atoms. The average molecular weight is 227 g/mol. The molecule has 0 bridgehead atoms. The third kappa shape index (κ3) is 2.23. The minimum atomic E-state index is -0.329. The molecule has 1 saturated heterocycles. The number of hydrogen-bond acceptors (Lipinski definition) is 6. The first-order chi connectivity index (χ1) is 7.74. The van der Waals surface area contributed by atoms with Gasteiger partial charge in [0.15, 0.2) is 0 Å². The van der Waals surface area contributed by atoms with E-state index in [0.717, 1.165) is 6.42 Å². The number of aromatic nitrogens is 2. The Balaban J connectivity index is 2.07. The van der Waals surface area contributed by atoms with E-state index in [9.17, 15) is 5.11 Å². The van der Waals surface area contributed by atoms with E-state index in [1.165, 1.54) is 0 Å². The van der Waals surface area contributed by atoms with Gasteiger partial charge in [-0.15, -0.1) is 0 Å². The van der Waals surface area contributed by atoms with Gasteiger partial charge in [0.05, 0.1) is 12.1 Å². The van der Waals surface area contributed by atoms with Gasteiger partial charge in [0, 0.05) is 13.7 Å². The lowest BCUT2D eigenvalue weighted by Crippen LogP contribution is -2.15. The van der Waals surface area contributed by atoms with Gasteiger partial charge in [-0.05, 0) is 12.8 Å². The van der Waals surface area contributed by atoms with Crippen LogP contribution in [0.4, 0.5) is 0 Å². The number of β-amino-alcohol motifs (C(OH)–C–C–N with tert-alkyl or cyclic N) is 1. The van der Waals surface area contributed by atoms with Crippen LogP contribution in [0.5, 0.6) is 0 Å². The summed E-state index contributed by atoms with van der Waals surface area (Å²) >= 11 is 0. The fraction of sp³-hybridized carbons (Fsp3) is 0.800. The van der Waals surface area contributed by atoms with Gasteiger partial charge in [0.2, 0.25) is 11.7 Å². The lowest BCUT2D eigenvalue weighted by molar-refractivity contribution is 0.0903. The molecule has 1 aliphatic rings. The summed E-state index contributed by atoms with van der Waals surface area (Å²) < 4.78 is 10.4. The molecular formula is C10H17N3O3. The molecule has 6 heteroatoms. The molecule has 2 rings (SSSR count). The van der Waals surface area contributed by atoms with Crippen LogP contribution in [0.1, 0.15) is 43.6 Å². The molecule has 0 aliphatic carbocycles. The quantitative estimate of drug-likeness (QED) is 0.782. The summed E-state index contributed by atoms with van der Waals surface area (Å²) in [6.45, 7) is 2.58. The van der Waals surface area contributed by atoms with E-state index in [1.807, 2.05) is 6.92 Å². The van der Waals surface area contributed by atoms with E-state index < -0.39 is 0 Å². The topological polar surface area (TPSA) is 80.4 Å². The number of aliphatic hydroxyl groups is 1. The lowest BCUT2D eigenvalue weighted by atomic mass is 10.2. The minimum absolute atomic E-state index is 0.0365. The molecule has 1 aromatic rings. The predicted octanol–water partition coefficient (Wildman–Crippen LogP) is 0.562. The largest absolute Gasteiger partial charge is 0.392 e. The van der Waals surface area contributed by atoms with Gasteiger partial charge in [-0.25, -0.2) is 0 Å². The van der Waals surface area contributed by atoms with Gasteiger partial charge in [0.1, 0.15) is 6.10 Å². The number of ether oxygens (including phenoxy) is 1. The van der Waals surface area contributed by atoms with E-state index in [2.05, 4.69) is 15.5 Å². The summed E-state index contributed by atoms with van der Waals surface area (Å²) in [7, 11) is 1.63. The van der Waals surface area contributed by atoms with E-state index in [0.29, 0.717) is 24.7 Å². The average Bonchev–Trinajstić information content (AvgIpc) is 2.89. The summed E-state index contributed by atoms with van der Waals surface area (Å²) in [5.41, 5.74) is 0. The highest BCUT2D eigenvalue weighted by Crippen LogP contribution is 2.24. The van der Waals surface area contributed by atoms with Crippen molar-refractivity contribution in [1.82, 2.24) is 15.5 Å². The van der Waals surface area contributed by atoms with Crippen LogP contribution >= 0.6 is 0 Å². The summed E-state index contributed by atoms with van der Waals surface area (Å²) in [5.74, 6) is 1.10. The second-order valence-electron chi connectivity index (χ2n) is 3.97. The SMILES string of the molecule is CCC(OC)c1noc([C@H]2C[C@H](O)CN2)n1. The van der Waals surface area contributed by atoms with Crippen LogP contribution in [0.3, 0.4) is 0 Å². The van der Waals surface area contributed by atoms with Crippen LogP contribution in [-0.4, -0.2) is 35.0 Å². The molecule has 0 amide bonds. The zero-order valence-electron chi connectivity index (χ0n) is 9.51. The van der Waals surface area contributed by atoms with Gasteiger partial charge in [-0.2, -0.15) is 4.98 Å². The van der Waals surface area contributed by atoms with E-state index >= 15 is 0 Å². The van der Waals surface area contributed by atoms with Crippen LogP contribution in [0, 0.1) is 0 Å². The molecule has 1 aromatic heterocycles. The van der Waals surface area contributed by atoms with E-state index in [-0.39, 0.29) is 18.2 Å². The van der Waals surface area contributed by atoms with Crippen molar-refractivity contribution in [2.24, 2.45) is 0 Å². The number of methoxy groups -OCH3 is 1. The second kappa shape index (κ2) is 4.90. The molecular weight excluding hydrogens is 210 g/mol. The monoisotopic (exact) mass is 227 g/mol. The van der Waals surface area contributed by atoms with Crippen molar-refractivity contribution in [2.75, 3.05) is 13.7 Å². The normalized spacial score (nSPS) is 27.2. The molecule has 90 valence electrons. The zero-order chi connectivity index (χ0) is 11.5. The number of nitrogens with zero attached hydrogens (tertiary/aromatic N) is 2. The van der Waals surface area contributed by atoms with Crippen molar-refractivity contribution < 1.29 is 14.4 Å². The summed E-state index contributed by atoms with van der Waals surface area (Å²) in [6.07, 6.45) is 0.968. The maximum absolute atomic E-state index is 9.39. The highest BCUT2D eigenvalue weighted by atomic mass is 16.5.